The first kappa shape index (κ1) is 36.5. The maximum absolute atomic E-state index is 5.10. The smallest absolute Gasteiger partial charge is 0.0633 e. The molecule has 0 aliphatic heterocycles. The molecule has 2 aromatic carbocycles. The van der Waals surface area contributed by atoms with Gasteiger partial charge in [-0.25, -0.2) is 0 Å². The maximum Gasteiger partial charge on any atom is 0.0633 e. The summed E-state index contributed by atoms with van der Waals surface area (Å²) in [6.45, 7) is 4.55. The molecule has 0 aromatic heterocycles. The van der Waals surface area contributed by atoms with Crippen LogP contribution in [0.2, 0.25) is 0 Å². The first-order valence-corrected chi connectivity index (χ1v) is 16.6. The number of hydrogen-bond donors (Lipinski definition) is 0. The Kier molecular flexibility index (Phi) is 24.0. The molecular formula is C37H58N2Pd. The molecular weight excluding hydrogens is 579 g/mol. The number of nitrogens with zero attached hydrogens (tertiary/aromatic N) is 2. The van der Waals surface area contributed by atoms with Crippen LogP contribution in [-0.4, -0.2) is 11.4 Å². The van der Waals surface area contributed by atoms with Crippen LogP contribution in [0.4, 0.5) is 11.4 Å². The van der Waals surface area contributed by atoms with E-state index in [0.29, 0.717) is 0 Å². The summed E-state index contributed by atoms with van der Waals surface area (Å²) in [5.41, 5.74) is 4.42. The van der Waals surface area contributed by atoms with Gasteiger partial charge in [-0.15, -0.1) is 0 Å². The van der Waals surface area contributed by atoms with Crippen molar-refractivity contribution in [3.8, 4) is 0 Å². The van der Waals surface area contributed by atoms with E-state index in [-0.39, 0.29) is 20.4 Å². The van der Waals surface area contributed by atoms with Crippen molar-refractivity contribution in [2.45, 2.75) is 149 Å². The zero-order valence-corrected chi connectivity index (χ0v) is 27.4. The molecule has 0 aliphatic rings. The number of rotatable bonds is 24. The molecule has 2 rings (SSSR count). The van der Waals surface area contributed by atoms with Crippen molar-refractivity contribution >= 4 is 22.8 Å². The van der Waals surface area contributed by atoms with Gasteiger partial charge in [0.05, 0.1) is 22.8 Å². The predicted molar refractivity (Wildman–Crippen MR) is 175 cm³/mol. The first-order chi connectivity index (χ1) is 19.3. The van der Waals surface area contributed by atoms with Crippen LogP contribution < -0.4 is 0 Å². The molecule has 226 valence electrons. The average molecular weight is 637 g/mol. The van der Waals surface area contributed by atoms with Gasteiger partial charge < -0.3 is 0 Å². The van der Waals surface area contributed by atoms with Gasteiger partial charge in [0.2, 0.25) is 0 Å². The second-order valence-corrected chi connectivity index (χ2v) is 11.3. The van der Waals surface area contributed by atoms with E-state index in [1.54, 1.807) is 0 Å². The Hall–Kier alpha value is -1.56. The Balaban J connectivity index is 0.00000800. The number of para-hydroxylation sites is 2. The van der Waals surface area contributed by atoms with Gasteiger partial charge in [0, 0.05) is 20.4 Å². The molecule has 0 atom stereocenters. The normalized spacial score (nSPS) is 11.9. The Morgan fingerprint density at radius 1 is 0.400 bits per heavy atom. The van der Waals surface area contributed by atoms with Crippen molar-refractivity contribution in [1.82, 2.24) is 0 Å². The molecule has 0 aliphatic carbocycles. The fourth-order valence-electron chi connectivity index (χ4n) is 5.21. The summed E-state index contributed by atoms with van der Waals surface area (Å²) in [4.78, 5) is 10.2. The molecule has 2 nitrogen and oxygen atoms in total. The molecule has 0 heterocycles. The maximum atomic E-state index is 5.10. The van der Waals surface area contributed by atoms with E-state index in [0.717, 1.165) is 30.6 Å². The van der Waals surface area contributed by atoms with Crippen molar-refractivity contribution in [2.24, 2.45) is 9.98 Å². The largest absolute Gasteiger partial charge is 0.252 e. The summed E-state index contributed by atoms with van der Waals surface area (Å²) in [6, 6.07) is 20.8. The van der Waals surface area contributed by atoms with Gasteiger partial charge in [0.1, 0.15) is 0 Å². The van der Waals surface area contributed by atoms with E-state index >= 15 is 0 Å². The Morgan fingerprint density at radius 3 is 1.05 bits per heavy atom. The zero-order valence-electron chi connectivity index (χ0n) is 25.8. The monoisotopic (exact) mass is 636 g/mol. The quantitative estimate of drug-likeness (QED) is 0.0622. The second kappa shape index (κ2) is 26.3. The minimum absolute atomic E-state index is 0. The van der Waals surface area contributed by atoms with Gasteiger partial charge >= 0.3 is 0 Å². The standard InChI is InChI=1S/C37H58N2.Pd/c1-3-5-7-8-9-10-11-12-13-14-15-16-17-18-19-20-27-33-37(39-35-30-25-22-26-31-35)36(32-6-4-2)38-34-28-23-21-24-29-34;/h21-26,28-31H,3-20,27,32-33H2,1-2H3;/b38-36+,39-37+;. The van der Waals surface area contributed by atoms with Gasteiger partial charge in [-0.05, 0) is 49.9 Å². The van der Waals surface area contributed by atoms with Crippen LogP contribution >= 0.6 is 0 Å². The van der Waals surface area contributed by atoms with E-state index in [2.05, 4.69) is 74.5 Å². The third-order valence-corrected chi connectivity index (χ3v) is 7.66. The van der Waals surface area contributed by atoms with E-state index in [9.17, 15) is 0 Å². The molecule has 0 saturated carbocycles. The van der Waals surface area contributed by atoms with Crippen LogP contribution in [0.3, 0.4) is 0 Å². The molecule has 0 spiro atoms. The van der Waals surface area contributed by atoms with Crippen molar-refractivity contribution in [2.75, 3.05) is 0 Å². The van der Waals surface area contributed by atoms with Crippen molar-refractivity contribution < 1.29 is 20.4 Å². The number of hydrogen-bond acceptors (Lipinski definition) is 2. The third kappa shape index (κ3) is 18.7. The number of unbranched alkanes of at least 4 members (excludes halogenated alkanes) is 17. The van der Waals surface area contributed by atoms with E-state index in [4.69, 9.17) is 9.98 Å². The van der Waals surface area contributed by atoms with Gasteiger partial charge in [0.25, 0.3) is 0 Å². The van der Waals surface area contributed by atoms with E-state index in [1.807, 2.05) is 0 Å². The minimum Gasteiger partial charge on any atom is -0.252 e. The molecule has 0 radical (unpaired) electrons. The van der Waals surface area contributed by atoms with E-state index < -0.39 is 0 Å². The first-order valence-electron chi connectivity index (χ1n) is 16.6. The van der Waals surface area contributed by atoms with Crippen molar-refractivity contribution in [3.63, 3.8) is 0 Å². The van der Waals surface area contributed by atoms with Gasteiger partial charge in [-0.3, -0.25) is 9.98 Å². The van der Waals surface area contributed by atoms with E-state index in [1.165, 1.54) is 127 Å². The van der Waals surface area contributed by atoms with Gasteiger partial charge in [-0.2, -0.15) is 0 Å². The van der Waals surface area contributed by atoms with Crippen LogP contribution in [-0.2, 0) is 20.4 Å². The second-order valence-electron chi connectivity index (χ2n) is 11.3. The topological polar surface area (TPSA) is 24.7 Å². The predicted octanol–water partition coefficient (Wildman–Crippen LogP) is 12.8. The molecule has 0 N–H and O–H groups in total. The van der Waals surface area contributed by atoms with Crippen molar-refractivity contribution in [3.05, 3.63) is 60.7 Å². The summed E-state index contributed by atoms with van der Waals surface area (Å²) < 4.78 is 0. The molecule has 2 aromatic rings. The number of aliphatic imine (C=N–C) groups is 2. The molecule has 0 fully saturated rings. The number of benzene rings is 2. The fourth-order valence-corrected chi connectivity index (χ4v) is 5.21. The summed E-state index contributed by atoms with van der Waals surface area (Å²) in [5.74, 6) is 0. The molecule has 40 heavy (non-hydrogen) atoms. The SMILES string of the molecule is CCCCCCCCCCCCCCCCCCCC(=N\c1ccccc1)/C(CCCC)=N/c1ccccc1.[Pd]. The van der Waals surface area contributed by atoms with Crippen LogP contribution in [0.5, 0.6) is 0 Å². The summed E-state index contributed by atoms with van der Waals surface area (Å²) in [5, 5.41) is 0. The zero-order chi connectivity index (χ0) is 27.6. The molecule has 0 saturated heterocycles. The Labute approximate surface area is 261 Å². The summed E-state index contributed by atoms with van der Waals surface area (Å²) in [6.07, 6.45) is 28.2. The Morgan fingerprint density at radius 2 is 0.700 bits per heavy atom. The van der Waals surface area contributed by atoms with Crippen LogP contribution in [0.15, 0.2) is 70.6 Å². The molecule has 3 heteroatoms. The average Bonchev–Trinajstić information content (AvgIpc) is 2.97. The molecule has 0 unspecified atom stereocenters. The van der Waals surface area contributed by atoms with Crippen LogP contribution in [0.25, 0.3) is 0 Å². The molecule has 0 amide bonds. The molecule has 0 bridgehead atoms. The Bertz CT molecular complexity index is 876. The van der Waals surface area contributed by atoms with Gasteiger partial charge in [-0.1, -0.05) is 159 Å². The minimum atomic E-state index is 0. The van der Waals surface area contributed by atoms with Crippen LogP contribution in [0, 0.1) is 0 Å². The van der Waals surface area contributed by atoms with Gasteiger partial charge in [0.15, 0.2) is 0 Å². The van der Waals surface area contributed by atoms with Crippen molar-refractivity contribution in [1.29, 1.82) is 0 Å². The summed E-state index contributed by atoms with van der Waals surface area (Å²) in [7, 11) is 0. The fraction of sp³-hybridized carbons (Fsp3) is 0.622. The summed E-state index contributed by atoms with van der Waals surface area (Å²) >= 11 is 0. The van der Waals surface area contributed by atoms with Crippen LogP contribution in [0.1, 0.15) is 149 Å². The third-order valence-electron chi connectivity index (χ3n) is 7.66.